The van der Waals surface area contributed by atoms with Gasteiger partial charge in [-0.3, -0.25) is 0 Å². The maximum absolute atomic E-state index is 3.81. The Bertz CT molecular complexity index is 622. The van der Waals surface area contributed by atoms with Crippen LogP contribution in [0.15, 0.2) is 30.3 Å². The number of aryl methyl sites for hydroxylation is 3. The maximum Gasteiger partial charge on any atom is 0.0305 e. The molecule has 1 aromatic carbocycles. The van der Waals surface area contributed by atoms with Crippen LogP contribution in [0.2, 0.25) is 0 Å². The van der Waals surface area contributed by atoms with E-state index < -0.39 is 0 Å². The normalized spacial score (nSPS) is 22.9. The lowest BCUT2D eigenvalue weighted by atomic mass is 9.75. The summed E-state index contributed by atoms with van der Waals surface area (Å²) in [7, 11) is 0. The molecule has 112 valence electrons. The Hall–Kier alpha value is -1.12. The Morgan fingerprint density at radius 1 is 1.14 bits per heavy atom. The van der Waals surface area contributed by atoms with E-state index in [0.29, 0.717) is 12.1 Å². The van der Waals surface area contributed by atoms with Gasteiger partial charge in [0.2, 0.25) is 0 Å². The fourth-order valence-electron chi connectivity index (χ4n) is 3.47. The Morgan fingerprint density at radius 3 is 2.52 bits per heavy atom. The summed E-state index contributed by atoms with van der Waals surface area (Å²) >= 11 is 1.91. The van der Waals surface area contributed by atoms with Crippen molar-refractivity contribution in [2.45, 2.75) is 58.5 Å². The van der Waals surface area contributed by atoms with Gasteiger partial charge in [0.25, 0.3) is 0 Å². The van der Waals surface area contributed by atoms with Crippen LogP contribution in [-0.4, -0.2) is 6.04 Å². The molecular weight excluding hydrogens is 274 g/mol. The molecule has 0 radical (unpaired) electrons. The van der Waals surface area contributed by atoms with E-state index in [-0.39, 0.29) is 0 Å². The maximum atomic E-state index is 3.81. The van der Waals surface area contributed by atoms with Gasteiger partial charge in [-0.05, 0) is 63.6 Å². The van der Waals surface area contributed by atoms with Crippen LogP contribution in [-0.2, 0) is 0 Å². The highest BCUT2D eigenvalue weighted by molar-refractivity contribution is 7.12. The summed E-state index contributed by atoms with van der Waals surface area (Å²) in [6.45, 7) is 8.92. The summed E-state index contributed by atoms with van der Waals surface area (Å²) in [6, 6.07) is 12.5. The molecule has 2 aromatic rings. The highest BCUT2D eigenvalue weighted by Gasteiger charge is 2.31. The standard InChI is InChI=1S/C19H25NS/c1-12-6-5-7-16(8-12)17-10-18(11-17)20-14(3)19-9-13(2)21-15(19)4/h5-9,14,17-18,20H,10-11H2,1-4H3. The highest BCUT2D eigenvalue weighted by Crippen LogP contribution is 2.38. The molecule has 21 heavy (non-hydrogen) atoms. The topological polar surface area (TPSA) is 12.0 Å². The average Bonchev–Trinajstić information content (AvgIpc) is 2.72. The van der Waals surface area contributed by atoms with Gasteiger partial charge in [0.15, 0.2) is 0 Å². The van der Waals surface area contributed by atoms with Crippen molar-refractivity contribution >= 4 is 11.3 Å². The quantitative estimate of drug-likeness (QED) is 0.811. The van der Waals surface area contributed by atoms with Crippen LogP contribution < -0.4 is 5.32 Å². The van der Waals surface area contributed by atoms with Crippen molar-refractivity contribution in [2.75, 3.05) is 0 Å². The van der Waals surface area contributed by atoms with Gasteiger partial charge >= 0.3 is 0 Å². The lowest BCUT2D eigenvalue weighted by Crippen LogP contribution is -2.41. The van der Waals surface area contributed by atoms with Crippen LogP contribution in [0.5, 0.6) is 0 Å². The smallest absolute Gasteiger partial charge is 0.0305 e. The molecule has 1 atom stereocenters. The molecule has 3 rings (SSSR count). The molecule has 1 nitrogen and oxygen atoms in total. The second-order valence-electron chi connectivity index (χ2n) is 6.54. The minimum absolute atomic E-state index is 0.471. The van der Waals surface area contributed by atoms with Gasteiger partial charge in [-0.25, -0.2) is 0 Å². The molecule has 1 aliphatic rings. The molecule has 0 bridgehead atoms. The minimum Gasteiger partial charge on any atom is -0.307 e. The Kier molecular flexibility index (Phi) is 4.19. The zero-order valence-electron chi connectivity index (χ0n) is 13.4. The first kappa shape index (κ1) is 14.8. The first-order valence-corrected chi connectivity index (χ1v) is 8.74. The third-order valence-electron chi connectivity index (χ3n) is 4.68. The zero-order chi connectivity index (χ0) is 15.0. The molecule has 1 saturated carbocycles. The molecule has 0 aliphatic heterocycles. The lowest BCUT2D eigenvalue weighted by Gasteiger charge is -2.38. The minimum atomic E-state index is 0.471. The number of hydrogen-bond donors (Lipinski definition) is 1. The second kappa shape index (κ2) is 5.94. The van der Waals surface area contributed by atoms with Crippen molar-refractivity contribution in [3.63, 3.8) is 0 Å². The van der Waals surface area contributed by atoms with Gasteiger partial charge in [0.05, 0.1) is 0 Å². The summed E-state index contributed by atoms with van der Waals surface area (Å²) in [4.78, 5) is 2.88. The number of thiophene rings is 1. The third-order valence-corrected chi connectivity index (χ3v) is 5.66. The molecule has 0 saturated heterocycles. The molecule has 0 spiro atoms. The van der Waals surface area contributed by atoms with Crippen molar-refractivity contribution in [2.24, 2.45) is 0 Å². The summed E-state index contributed by atoms with van der Waals surface area (Å²) in [5, 5.41) is 3.81. The van der Waals surface area contributed by atoms with E-state index in [1.54, 1.807) is 0 Å². The monoisotopic (exact) mass is 299 g/mol. The summed E-state index contributed by atoms with van der Waals surface area (Å²) in [6.07, 6.45) is 2.55. The van der Waals surface area contributed by atoms with Gasteiger partial charge in [-0.15, -0.1) is 11.3 Å². The molecule has 1 N–H and O–H groups in total. The molecular formula is C19H25NS. The van der Waals surface area contributed by atoms with Crippen LogP contribution in [0.3, 0.4) is 0 Å². The van der Waals surface area contributed by atoms with Gasteiger partial charge in [-0.1, -0.05) is 29.8 Å². The van der Waals surface area contributed by atoms with Gasteiger partial charge in [0.1, 0.15) is 0 Å². The molecule has 0 amide bonds. The average molecular weight is 299 g/mol. The molecule has 2 heteroatoms. The number of nitrogens with one attached hydrogen (secondary N) is 1. The largest absolute Gasteiger partial charge is 0.307 e. The number of hydrogen-bond acceptors (Lipinski definition) is 2. The van der Waals surface area contributed by atoms with E-state index in [1.165, 1.54) is 39.3 Å². The first-order chi connectivity index (χ1) is 10.0. The second-order valence-corrected chi connectivity index (χ2v) is 8.00. The van der Waals surface area contributed by atoms with Gasteiger partial charge in [0, 0.05) is 21.8 Å². The van der Waals surface area contributed by atoms with Crippen LogP contribution in [0.1, 0.15) is 58.2 Å². The van der Waals surface area contributed by atoms with E-state index >= 15 is 0 Å². The van der Waals surface area contributed by atoms with Crippen LogP contribution >= 0.6 is 11.3 Å². The van der Waals surface area contributed by atoms with Crippen LogP contribution in [0.4, 0.5) is 0 Å². The van der Waals surface area contributed by atoms with E-state index in [1.807, 2.05) is 11.3 Å². The SMILES string of the molecule is Cc1cccc(C2CC(NC(C)c3cc(C)sc3C)C2)c1. The van der Waals surface area contributed by atoms with Crippen molar-refractivity contribution in [3.05, 3.63) is 56.8 Å². The van der Waals surface area contributed by atoms with E-state index in [9.17, 15) is 0 Å². The van der Waals surface area contributed by atoms with Gasteiger partial charge < -0.3 is 5.32 Å². The molecule has 1 fully saturated rings. The fraction of sp³-hybridized carbons (Fsp3) is 0.474. The summed E-state index contributed by atoms with van der Waals surface area (Å²) in [5.74, 6) is 0.750. The Labute approximate surface area is 132 Å². The van der Waals surface area contributed by atoms with Crippen molar-refractivity contribution in [3.8, 4) is 0 Å². The number of rotatable bonds is 4. The Morgan fingerprint density at radius 2 is 1.90 bits per heavy atom. The van der Waals surface area contributed by atoms with E-state index in [4.69, 9.17) is 0 Å². The summed E-state index contributed by atoms with van der Waals surface area (Å²) in [5.41, 5.74) is 4.38. The van der Waals surface area contributed by atoms with Crippen LogP contribution in [0, 0.1) is 20.8 Å². The molecule has 1 unspecified atom stereocenters. The van der Waals surface area contributed by atoms with Crippen LogP contribution in [0.25, 0.3) is 0 Å². The first-order valence-electron chi connectivity index (χ1n) is 7.92. The third kappa shape index (κ3) is 3.22. The van der Waals surface area contributed by atoms with Crippen molar-refractivity contribution in [1.82, 2.24) is 5.32 Å². The van der Waals surface area contributed by atoms with E-state index in [0.717, 1.165) is 5.92 Å². The van der Waals surface area contributed by atoms with Gasteiger partial charge in [-0.2, -0.15) is 0 Å². The highest BCUT2D eigenvalue weighted by atomic mass is 32.1. The summed E-state index contributed by atoms with van der Waals surface area (Å²) < 4.78 is 0. The predicted molar refractivity (Wildman–Crippen MR) is 92.3 cm³/mol. The molecule has 1 aromatic heterocycles. The zero-order valence-corrected chi connectivity index (χ0v) is 14.3. The lowest BCUT2D eigenvalue weighted by molar-refractivity contribution is 0.271. The fourth-order valence-corrected chi connectivity index (χ4v) is 4.50. The number of benzene rings is 1. The molecule has 1 aliphatic carbocycles. The van der Waals surface area contributed by atoms with E-state index in [2.05, 4.69) is 63.3 Å². The molecule has 1 heterocycles. The Balaban J connectivity index is 1.56. The predicted octanol–water partition coefficient (Wildman–Crippen LogP) is 5.27. The van der Waals surface area contributed by atoms with Crippen molar-refractivity contribution in [1.29, 1.82) is 0 Å². The van der Waals surface area contributed by atoms with Crippen molar-refractivity contribution < 1.29 is 0 Å².